The van der Waals surface area contributed by atoms with Gasteiger partial charge in [-0.25, -0.2) is 14.6 Å². The van der Waals surface area contributed by atoms with Crippen molar-refractivity contribution in [2.24, 2.45) is 0 Å². The molecule has 0 radical (unpaired) electrons. The molecule has 1 fully saturated rings. The van der Waals surface area contributed by atoms with Gasteiger partial charge >= 0.3 is 11.9 Å². The largest absolute Gasteiger partial charge is 0.478 e. The average molecular weight is 524 g/mol. The summed E-state index contributed by atoms with van der Waals surface area (Å²) in [5.41, 5.74) is 2.29. The van der Waals surface area contributed by atoms with Gasteiger partial charge in [0.1, 0.15) is 11.9 Å². The van der Waals surface area contributed by atoms with Crippen molar-refractivity contribution in [1.82, 2.24) is 9.88 Å². The summed E-state index contributed by atoms with van der Waals surface area (Å²) in [5.74, 6) is -1.45. The second-order valence-corrected chi connectivity index (χ2v) is 8.68. The molecule has 4 rings (SSSR count). The molecule has 0 bridgehead atoms. The van der Waals surface area contributed by atoms with Crippen LogP contribution in [0.5, 0.6) is 0 Å². The highest BCUT2D eigenvalue weighted by atomic mass is 35.5. The van der Waals surface area contributed by atoms with Gasteiger partial charge in [-0.15, -0.1) is 0 Å². The zero-order valence-electron chi connectivity index (χ0n) is 20.3. The Morgan fingerprint density at radius 2 is 1.46 bits per heavy atom. The standard InChI is InChI=1S/C24H26ClN3O.C4H4O4/c25-22-11-9-21(10-12-22)24(20-6-2-1-3-7-20)29-19-18-27-14-16-28(17-15-27)23-8-4-5-13-26-23;5-3(6)1-2-4(7)8/h1-13,24H,14-19H2;1-2H,(H,5,6)(H,7,8)/b;2-1-. The minimum atomic E-state index is -1.26. The van der Waals surface area contributed by atoms with Crippen molar-refractivity contribution in [1.29, 1.82) is 0 Å². The minimum Gasteiger partial charge on any atom is -0.478 e. The van der Waals surface area contributed by atoms with E-state index in [0.717, 1.165) is 54.7 Å². The van der Waals surface area contributed by atoms with Gasteiger partial charge in [0.15, 0.2) is 0 Å². The number of carboxylic acid groups (broad SMARTS) is 2. The highest BCUT2D eigenvalue weighted by molar-refractivity contribution is 6.30. The van der Waals surface area contributed by atoms with Crippen LogP contribution in [-0.2, 0) is 14.3 Å². The van der Waals surface area contributed by atoms with Crippen molar-refractivity contribution < 1.29 is 24.5 Å². The molecule has 1 aromatic heterocycles. The first-order valence-electron chi connectivity index (χ1n) is 11.9. The number of carboxylic acids is 2. The number of benzene rings is 2. The van der Waals surface area contributed by atoms with E-state index in [-0.39, 0.29) is 6.10 Å². The second kappa shape index (κ2) is 14.7. The Morgan fingerprint density at radius 1 is 0.865 bits per heavy atom. The molecule has 1 unspecified atom stereocenters. The van der Waals surface area contributed by atoms with Crippen LogP contribution in [0.1, 0.15) is 17.2 Å². The summed E-state index contributed by atoms with van der Waals surface area (Å²) in [6.45, 7) is 5.65. The molecule has 3 aromatic rings. The molecule has 2 N–H and O–H groups in total. The molecule has 1 atom stereocenters. The Bertz CT molecular complexity index is 1120. The molecule has 0 aliphatic carbocycles. The van der Waals surface area contributed by atoms with Crippen LogP contribution in [0.25, 0.3) is 0 Å². The number of aromatic nitrogens is 1. The van der Waals surface area contributed by atoms with Crippen molar-refractivity contribution in [2.45, 2.75) is 6.10 Å². The molecule has 2 heterocycles. The summed E-state index contributed by atoms with van der Waals surface area (Å²) in [7, 11) is 0. The number of rotatable bonds is 9. The number of hydrogen-bond donors (Lipinski definition) is 2. The van der Waals surface area contributed by atoms with Crippen LogP contribution >= 0.6 is 11.6 Å². The predicted octanol–water partition coefficient (Wildman–Crippen LogP) is 4.38. The van der Waals surface area contributed by atoms with Crippen molar-refractivity contribution in [3.63, 3.8) is 0 Å². The molecule has 1 saturated heterocycles. The maximum absolute atomic E-state index is 9.55. The minimum absolute atomic E-state index is 0.0803. The highest BCUT2D eigenvalue weighted by Gasteiger charge is 2.19. The molecule has 0 spiro atoms. The van der Waals surface area contributed by atoms with E-state index < -0.39 is 11.9 Å². The van der Waals surface area contributed by atoms with E-state index in [1.807, 2.05) is 48.7 Å². The van der Waals surface area contributed by atoms with E-state index in [4.69, 9.17) is 26.6 Å². The number of nitrogens with zero attached hydrogens (tertiary/aromatic N) is 3. The second-order valence-electron chi connectivity index (χ2n) is 8.24. The molecule has 1 aliphatic rings. The Balaban J connectivity index is 0.000000414. The van der Waals surface area contributed by atoms with Gasteiger partial charge in [0.05, 0.1) is 6.61 Å². The lowest BCUT2D eigenvalue weighted by Gasteiger charge is -2.35. The first-order chi connectivity index (χ1) is 17.9. The molecule has 1 aliphatic heterocycles. The SMILES string of the molecule is Clc1ccc(C(OCCN2CCN(c3ccccn3)CC2)c2ccccc2)cc1.O=C(O)/C=C\C(=O)O. The number of piperazine rings is 1. The van der Waals surface area contributed by atoms with E-state index in [9.17, 15) is 9.59 Å². The molecule has 2 aromatic carbocycles. The summed E-state index contributed by atoms with van der Waals surface area (Å²) in [6, 6.07) is 24.4. The fourth-order valence-electron chi connectivity index (χ4n) is 3.83. The number of hydrogen-bond acceptors (Lipinski definition) is 6. The van der Waals surface area contributed by atoms with E-state index in [2.05, 4.69) is 45.1 Å². The Labute approximate surface area is 221 Å². The van der Waals surface area contributed by atoms with E-state index in [1.165, 1.54) is 0 Å². The van der Waals surface area contributed by atoms with Crippen LogP contribution in [0.15, 0.2) is 91.1 Å². The van der Waals surface area contributed by atoms with Crippen LogP contribution in [0, 0.1) is 0 Å². The van der Waals surface area contributed by atoms with Crippen LogP contribution in [0.4, 0.5) is 5.82 Å². The van der Waals surface area contributed by atoms with Gasteiger partial charge in [0.2, 0.25) is 0 Å². The molecular formula is C28H30ClN3O5. The van der Waals surface area contributed by atoms with Crippen LogP contribution in [0.2, 0.25) is 5.02 Å². The summed E-state index contributed by atoms with van der Waals surface area (Å²) in [4.78, 5) is 28.4. The maximum atomic E-state index is 9.55. The topological polar surface area (TPSA) is 103 Å². The smallest absolute Gasteiger partial charge is 0.328 e. The van der Waals surface area contributed by atoms with Crippen LogP contribution in [-0.4, -0.2) is 71.4 Å². The molecule has 9 heteroatoms. The zero-order valence-corrected chi connectivity index (χ0v) is 21.1. The predicted molar refractivity (Wildman–Crippen MR) is 143 cm³/mol. The van der Waals surface area contributed by atoms with Crippen LogP contribution < -0.4 is 4.90 Å². The van der Waals surface area contributed by atoms with Crippen molar-refractivity contribution in [3.05, 3.63) is 107 Å². The fraction of sp³-hybridized carbons (Fsp3) is 0.250. The summed E-state index contributed by atoms with van der Waals surface area (Å²) in [5, 5.41) is 16.4. The van der Waals surface area contributed by atoms with Gasteiger partial charge in [-0.2, -0.15) is 0 Å². The quantitative estimate of drug-likeness (QED) is 0.398. The first kappa shape index (κ1) is 27.9. The zero-order chi connectivity index (χ0) is 26.5. The Hall–Kier alpha value is -3.72. The van der Waals surface area contributed by atoms with Gasteiger partial charge in [0, 0.05) is 56.1 Å². The van der Waals surface area contributed by atoms with Crippen LogP contribution in [0.3, 0.4) is 0 Å². The Morgan fingerprint density at radius 3 is 2.03 bits per heavy atom. The van der Waals surface area contributed by atoms with E-state index in [0.29, 0.717) is 18.8 Å². The maximum Gasteiger partial charge on any atom is 0.328 e. The number of ether oxygens (including phenoxy) is 1. The fourth-order valence-corrected chi connectivity index (χ4v) is 3.96. The molecule has 37 heavy (non-hydrogen) atoms. The van der Waals surface area contributed by atoms with E-state index >= 15 is 0 Å². The number of anilines is 1. The summed E-state index contributed by atoms with van der Waals surface area (Å²) < 4.78 is 6.36. The lowest BCUT2D eigenvalue weighted by atomic mass is 10.0. The highest BCUT2D eigenvalue weighted by Crippen LogP contribution is 2.27. The molecule has 0 saturated carbocycles. The van der Waals surface area contributed by atoms with Gasteiger partial charge in [-0.05, 0) is 35.4 Å². The number of halogens is 1. The average Bonchev–Trinajstić information content (AvgIpc) is 2.92. The van der Waals surface area contributed by atoms with E-state index in [1.54, 1.807) is 0 Å². The summed E-state index contributed by atoms with van der Waals surface area (Å²) >= 11 is 6.07. The third-order valence-corrected chi connectivity index (χ3v) is 5.93. The third-order valence-electron chi connectivity index (χ3n) is 5.68. The van der Waals surface area contributed by atoms with Gasteiger partial charge in [-0.1, -0.05) is 60.1 Å². The number of carbonyl (C=O) groups is 2. The molecule has 8 nitrogen and oxygen atoms in total. The normalized spacial score (nSPS) is 14.6. The van der Waals surface area contributed by atoms with Gasteiger partial charge < -0.3 is 19.8 Å². The molecular weight excluding hydrogens is 494 g/mol. The Kier molecular flexibility index (Phi) is 11.1. The lowest BCUT2D eigenvalue weighted by Crippen LogP contribution is -2.47. The van der Waals surface area contributed by atoms with Gasteiger partial charge in [-0.3, -0.25) is 4.90 Å². The molecule has 194 valence electrons. The number of aliphatic carboxylic acids is 2. The van der Waals surface area contributed by atoms with Gasteiger partial charge in [0.25, 0.3) is 0 Å². The monoisotopic (exact) mass is 523 g/mol. The van der Waals surface area contributed by atoms with Crippen molar-refractivity contribution in [3.8, 4) is 0 Å². The third kappa shape index (κ3) is 9.69. The first-order valence-corrected chi connectivity index (χ1v) is 12.2. The lowest BCUT2D eigenvalue weighted by molar-refractivity contribution is -0.134. The summed E-state index contributed by atoms with van der Waals surface area (Å²) in [6.07, 6.45) is 2.89. The van der Waals surface area contributed by atoms with Crippen molar-refractivity contribution >= 4 is 29.4 Å². The van der Waals surface area contributed by atoms with Crippen molar-refractivity contribution in [2.75, 3.05) is 44.2 Å². The molecule has 0 amide bonds. The number of pyridine rings is 1.